The number of unbranched alkanes of at least 4 members (excludes halogenated alkanes) is 13. The molecule has 0 bridgehead atoms. The van der Waals surface area contributed by atoms with Crippen LogP contribution in [-0.4, -0.2) is 31.2 Å². The smallest absolute Gasteiger partial charge is 0.322 e. The maximum absolute atomic E-state index is 11.8. The minimum Gasteiger partial charge on any atom is -0.466 e. The predicted octanol–water partition coefficient (Wildman–Crippen LogP) is 6.46. The average Bonchev–Trinajstić information content (AvgIpc) is 2.74. The molecule has 0 aromatic carbocycles. The Balaban J connectivity index is 3.36. The Morgan fingerprint density at radius 3 is 1.70 bits per heavy atom. The van der Waals surface area contributed by atoms with E-state index in [2.05, 4.69) is 13.8 Å². The molecular formula is C25H49NO4. The first-order valence-corrected chi connectivity index (χ1v) is 12.7. The number of esters is 2. The molecule has 0 aliphatic rings. The van der Waals surface area contributed by atoms with E-state index in [9.17, 15) is 9.59 Å². The summed E-state index contributed by atoms with van der Waals surface area (Å²) in [5.74, 6) is -0.335. The lowest BCUT2D eigenvalue weighted by atomic mass is 10.1. The second kappa shape index (κ2) is 22.6. The van der Waals surface area contributed by atoms with E-state index >= 15 is 0 Å². The van der Waals surface area contributed by atoms with Crippen LogP contribution in [0.5, 0.6) is 0 Å². The van der Waals surface area contributed by atoms with Gasteiger partial charge in [-0.1, -0.05) is 97.3 Å². The molecule has 1 unspecified atom stereocenters. The Bertz CT molecular complexity index is 401. The topological polar surface area (TPSA) is 78.6 Å². The first-order valence-electron chi connectivity index (χ1n) is 12.7. The van der Waals surface area contributed by atoms with Gasteiger partial charge in [0.05, 0.1) is 13.2 Å². The Kier molecular flexibility index (Phi) is 21.8. The van der Waals surface area contributed by atoms with Crippen LogP contribution in [0.1, 0.15) is 129 Å². The van der Waals surface area contributed by atoms with Gasteiger partial charge in [0.2, 0.25) is 0 Å². The van der Waals surface area contributed by atoms with Gasteiger partial charge in [0.25, 0.3) is 0 Å². The maximum atomic E-state index is 11.8. The molecule has 5 nitrogen and oxygen atoms in total. The SMILES string of the molecule is CCCCCCCCCOC(=O)CCCCCCCOC(=O)C(N)CCCCCC. The van der Waals surface area contributed by atoms with Crippen LogP contribution >= 0.6 is 0 Å². The van der Waals surface area contributed by atoms with Crippen molar-refractivity contribution in [2.45, 2.75) is 135 Å². The normalized spacial score (nSPS) is 12.0. The van der Waals surface area contributed by atoms with Gasteiger partial charge in [-0.25, -0.2) is 0 Å². The highest BCUT2D eigenvalue weighted by atomic mass is 16.5. The summed E-state index contributed by atoms with van der Waals surface area (Å²) < 4.78 is 10.6. The maximum Gasteiger partial charge on any atom is 0.322 e. The Labute approximate surface area is 185 Å². The third-order valence-corrected chi connectivity index (χ3v) is 5.45. The van der Waals surface area contributed by atoms with Crippen molar-refractivity contribution in [3.63, 3.8) is 0 Å². The summed E-state index contributed by atoms with van der Waals surface area (Å²) in [7, 11) is 0. The number of carbonyl (C=O) groups excluding carboxylic acids is 2. The van der Waals surface area contributed by atoms with E-state index < -0.39 is 6.04 Å². The molecule has 30 heavy (non-hydrogen) atoms. The fraction of sp³-hybridized carbons (Fsp3) is 0.920. The van der Waals surface area contributed by atoms with Crippen molar-refractivity contribution < 1.29 is 19.1 Å². The van der Waals surface area contributed by atoms with Gasteiger partial charge in [-0.05, 0) is 25.7 Å². The number of carbonyl (C=O) groups is 2. The molecule has 0 aromatic heterocycles. The van der Waals surface area contributed by atoms with Gasteiger partial charge in [-0.2, -0.15) is 0 Å². The third-order valence-electron chi connectivity index (χ3n) is 5.45. The lowest BCUT2D eigenvalue weighted by Gasteiger charge is -2.11. The van der Waals surface area contributed by atoms with Crippen LogP contribution in [0.4, 0.5) is 0 Å². The number of nitrogens with two attached hydrogens (primary N) is 1. The van der Waals surface area contributed by atoms with Gasteiger partial charge in [0.1, 0.15) is 6.04 Å². The van der Waals surface area contributed by atoms with E-state index in [1.165, 1.54) is 44.9 Å². The molecule has 0 saturated carbocycles. The van der Waals surface area contributed by atoms with E-state index in [1.807, 2.05) is 0 Å². The quantitative estimate of drug-likeness (QED) is 0.158. The van der Waals surface area contributed by atoms with Gasteiger partial charge >= 0.3 is 11.9 Å². The summed E-state index contributed by atoms with van der Waals surface area (Å²) in [6.45, 7) is 5.41. The van der Waals surface area contributed by atoms with Crippen LogP contribution in [0.25, 0.3) is 0 Å². The monoisotopic (exact) mass is 427 g/mol. The van der Waals surface area contributed by atoms with Crippen molar-refractivity contribution in [2.24, 2.45) is 5.73 Å². The van der Waals surface area contributed by atoms with Crippen LogP contribution in [0, 0.1) is 0 Å². The lowest BCUT2D eigenvalue weighted by molar-refractivity contribution is -0.146. The van der Waals surface area contributed by atoms with Crippen LogP contribution in [0.15, 0.2) is 0 Å². The van der Waals surface area contributed by atoms with Crippen LogP contribution in [-0.2, 0) is 19.1 Å². The van der Waals surface area contributed by atoms with Gasteiger partial charge in [-0.15, -0.1) is 0 Å². The number of hydrogen-bond acceptors (Lipinski definition) is 5. The summed E-state index contributed by atoms with van der Waals surface area (Å²) in [6, 6.07) is -0.478. The zero-order valence-electron chi connectivity index (χ0n) is 19.9. The van der Waals surface area contributed by atoms with Gasteiger partial charge in [-0.3, -0.25) is 9.59 Å². The molecule has 0 heterocycles. The van der Waals surface area contributed by atoms with Crippen molar-refractivity contribution in [3.05, 3.63) is 0 Å². The number of ether oxygens (including phenoxy) is 2. The molecule has 0 aliphatic heterocycles. The molecule has 0 fully saturated rings. The molecule has 0 amide bonds. The van der Waals surface area contributed by atoms with Crippen molar-refractivity contribution in [2.75, 3.05) is 13.2 Å². The van der Waals surface area contributed by atoms with Gasteiger partial charge in [0, 0.05) is 6.42 Å². The first-order chi connectivity index (χ1) is 14.6. The van der Waals surface area contributed by atoms with Crippen molar-refractivity contribution >= 4 is 11.9 Å². The van der Waals surface area contributed by atoms with Crippen LogP contribution < -0.4 is 5.73 Å². The third kappa shape index (κ3) is 20.2. The molecule has 0 aromatic rings. The predicted molar refractivity (Wildman–Crippen MR) is 124 cm³/mol. The van der Waals surface area contributed by atoms with Crippen molar-refractivity contribution in [1.82, 2.24) is 0 Å². The standard InChI is InChI=1S/C25H49NO4/c1-3-5-7-9-10-13-17-21-29-24(27)20-16-12-11-14-18-22-30-25(28)23(26)19-15-8-6-4-2/h23H,3-22,26H2,1-2H3. The zero-order valence-corrected chi connectivity index (χ0v) is 19.9. The molecule has 5 heteroatoms. The van der Waals surface area contributed by atoms with Crippen LogP contribution in [0.2, 0.25) is 0 Å². The van der Waals surface area contributed by atoms with E-state index in [0.717, 1.165) is 57.8 Å². The Morgan fingerprint density at radius 2 is 1.10 bits per heavy atom. The summed E-state index contributed by atoms with van der Waals surface area (Å²) in [4.78, 5) is 23.5. The van der Waals surface area contributed by atoms with Crippen molar-refractivity contribution in [1.29, 1.82) is 0 Å². The number of rotatable bonds is 22. The molecule has 178 valence electrons. The van der Waals surface area contributed by atoms with E-state index in [0.29, 0.717) is 26.1 Å². The Morgan fingerprint density at radius 1 is 0.633 bits per heavy atom. The zero-order chi connectivity index (χ0) is 22.3. The summed E-state index contributed by atoms with van der Waals surface area (Å²) in [5.41, 5.74) is 5.87. The minimum atomic E-state index is -0.478. The van der Waals surface area contributed by atoms with Gasteiger partial charge in [0.15, 0.2) is 0 Å². The average molecular weight is 428 g/mol. The highest BCUT2D eigenvalue weighted by molar-refractivity contribution is 5.75. The Hall–Kier alpha value is -1.10. The fourth-order valence-electron chi connectivity index (χ4n) is 3.41. The van der Waals surface area contributed by atoms with Crippen LogP contribution in [0.3, 0.4) is 0 Å². The molecule has 0 rings (SSSR count). The molecule has 0 aliphatic carbocycles. The minimum absolute atomic E-state index is 0.0668. The molecule has 2 N–H and O–H groups in total. The molecule has 0 saturated heterocycles. The second-order valence-electron chi connectivity index (χ2n) is 8.48. The molecular weight excluding hydrogens is 378 g/mol. The second-order valence-corrected chi connectivity index (χ2v) is 8.48. The largest absolute Gasteiger partial charge is 0.466 e. The van der Waals surface area contributed by atoms with Gasteiger partial charge < -0.3 is 15.2 Å². The van der Waals surface area contributed by atoms with E-state index in [4.69, 9.17) is 15.2 Å². The van der Waals surface area contributed by atoms with Crippen molar-refractivity contribution in [3.8, 4) is 0 Å². The molecule has 1 atom stereocenters. The summed E-state index contributed by atoms with van der Waals surface area (Å²) in [5, 5.41) is 0. The fourth-order valence-corrected chi connectivity index (χ4v) is 3.41. The molecule has 0 spiro atoms. The van der Waals surface area contributed by atoms with E-state index in [-0.39, 0.29) is 11.9 Å². The molecule has 0 radical (unpaired) electrons. The van der Waals surface area contributed by atoms with E-state index in [1.54, 1.807) is 0 Å². The highest BCUT2D eigenvalue weighted by Gasteiger charge is 2.14. The lowest BCUT2D eigenvalue weighted by Crippen LogP contribution is -2.32. The summed E-state index contributed by atoms with van der Waals surface area (Å²) in [6.07, 6.45) is 19.1. The summed E-state index contributed by atoms with van der Waals surface area (Å²) >= 11 is 0. The number of hydrogen-bond donors (Lipinski definition) is 1. The highest BCUT2D eigenvalue weighted by Crippen LogP contribution is 2.10. The first kappa shape index (κ1) is 28.9.